The zero-order valence-electron chi connectivity index (χ0n) is 14.4. The second kappa shape index (κ2) is 9.48. The summed E-state index contributed by atoms with van der Waals surface area (Å²) in [4.78, 5) is 35.4. The molecule has 0 aromatic heterocycles. The number of rotatable bonds is 9. The average Bonchev–Trinajstić information content (AvgIpc) is 2.79. The van der Waals surface area contributed by atoms with Crippen LogP contribution in [0.4, 0.5) is 0 Å². The van der Waals surface area contributed by atoms with Crippen molar-refractivity contribution >= 4 is 17.7 Å². The molecule has 5 heteroatoms. The van der Waals surface area contributed by atoms with E-state index in [0.717, 1.165) is 12.8 Å². The highest BCUT2D eigenvalue weighted by atomic mass is 16.4. The summed E-state index contributed by atoms with van der Waals surface area (Å²) in [5, 5.41) is 11.8. The fourth-order valence-electron chi connectivity index (χ4n) is 3.14. The maximum absolute atomic E-state index is 12.2. The Hall–Kier alpha value is -1.65. The minimum Gasteiger partial charge on any atom is -0.480 e. The van der Waals surface area contributed by atoms with Gasteiger partial charge >= 0.3 is 5.97 Å². The lowest BCUT2D eigenvalue weighted by Gasteiger charge is -2.20. The van der Waals surface area contributed by atoms with Gasteiger partial charge in [0.2, 0.25) is 5.91 Å². The van der Waals surface area contributed by atoms with Crippen molar-refractivity contribution in [2.75, 3.05) is 0 Å². The number of Topliss-reactive ketones (excluding diaryl/α,β-unsaturated/α-hetero) is 1. The Bertz CT molecular complexity index is 456. The van der Waals surface area contributed by atoms with Crippen molar-refractivity contribution < 1.29 is 19.5 Å². The maximum Gasteiger partial charge on any atom is 0.326 e. The number of carbonyl (C=O) groups excluding carboxylic acids is 2. The van der Waals surface area contributed by atoms with Crippen LogP contribution >= 0.6 is 0 Å². The number of nitrogens with one attached hydrogen (secondary N) is 1. The number of carbonyl (C=O) groups is 3. The molecule has 3 atom stereocenters. The lowest BCUT2D eigenvalue weighted by molar-refractivity contribution is -0.142. The van der Waals surface area contributed by atoms with Crippen molar-refractivity contribution in [3.8, 4) is 0 Å². The van der Waals surface area contributed by atoms with Crippen molar-refractivity contribution in [2.45, 2.75) is 65.3 Å². The van der Waals surface area contributed by atoms with Crippen LogP contribution in [-0.4, -0.2) is 28.8 Å². The summed E-state index contributed by atoms with van der Waals surface area (Å²) in [6.45, 7) is 5.89. The summed E-state index contributed by atoms with van der Waals surface area (Å²) in [6, 6.07) is -0.849. The Balaban J connectivity index is 2.58. The van der Waals surface area contributed by atoms with E-state index in [2.05, 4.69) is 5.32 Å². The molecule has 1 fully saturated rings. The van der Waals surface area contributed by atoms with Crippen molar-refractivity contribution in [1.29, 1.82) is 0 Å². The molecule has 0 bridgehead atoms. The predicted molar refractivity (Wildman–Crippen MR) is 88.9 cm³/mol. The molecule has 130 valence electrons. The van der Waals surface area contributed by atoms with Crippen LogP contribution in [0, 0.1) is 17.8 Å². The van der Waals surface area contributed by atoms with Gasteiger partial charge in [0.25, 0.3) is 0 Å². The van der Waals surface area contributed by atoms with Crippen LogP contribution in [0.3, 0.4) is 0 Å². The Labute approximate surface area is 138 Å². The van der Waals surface area contributed by atoms with Crippen molar-refractivity contribution in [3.63, 3.8) is 0 Å². The van der Waals surface area contributed by atoms with Gasteiger partial charge in [-0.2, -0.15) is 0 Å². The minimum atomic E-state index is -1.00. The van der Waals surface area contributed by atoms with E-state index in [1.165, 1.54) is 0 Å². The second-order valence-electron chi connectivity index (χ2n) is 6.78. The van der Waals surface area contributed by atoms with E-state index < -0.39 is 12.0 Å². The van der Waals surface area contributed by atoms with Gasteiger partial charge < -0.3 is 10.4 Å². The average molecular weight is 323 g/mol. The molecule has 1 aliphatic rings. The van der Waals surface area contributed by atoms with E-state index in [1.807, 2.05) is 32.9 Å². The fraction of sp³-hybridized carbons (Fsp3) is 0.722. The summed E-state index contributed by atoms with van der Waals surface area (Å²) in [5.74, 6) is -0.925. The highest BCUT2D eigenvalue weighted by Crippen LogP contribution is 2.34. The molecule has 0 spiro atoms. The highest BCUT2D eigenvalue weighted by molar-refractivity contribution is 5.87. The first-order valence-corrected chi connectivity index (χ1v) is 8.55. The molecule has 23 heavy (non-hydrogen) atoms. The predicted octanol–water partition coefficient (Wildman–Crippen LogP) is 2.94. The standard InChI is InChI=1S/C18H29NO4/c1-4-5-6-7-14-13(8-9-16(14)20)11-17(21)19-15(18(22)23)10-12(2)3/h5-6,12-15H,4,7-11H2,1-3H3,(H,19,21)(H,22,23)/b6-5-. The van der Waals surface area contributed by atoms with E-state index in [1.54, 1.807) is 0 Å². The quantitative estimate of drug-likeness (QED) is 0.639. The molecule has 0 aromatic carbocycles. The van der Waals surface area contributed by atoms with Crippen LogP contribution in [0.1, 0.15) is 59.3 Å². The lowest BCUT2D eigenvalue weighted by Crippen LogP contribution is -2.42. The molecule has 1 saturated carbocycles. The number of carboxylic acids is 1. The van der Waals surface area contributed by atoms with Gasteiger partial charge in [-0.1, -0.05) is 32.9 Å². The molecule has 0 saturated heterocycles. The fourth-order valence-corrected chi connectivity index (χ4v) is 3.14. The molecule has 0 aliphatic heterocycles. The number of aliphatic carboxylic acids is 1. The van der Waals surface area contributed by atoms with Crippen LogP contribution in [-0.2, 0) is 14.4 Å². The first-order chi connectivity index (χ1) is 10.8. The number of amides is 1. The zero-order valence-corrected chi connectivity index (χ0v) is 14.4. The third-order valence-electron chi connectivity index (χ3n) is 4.32. The molecule has 0 heterocycles. The van der Waals surface area contributed by atoms with Gasteiger partial charge in [0.15, 0.2) is 0 Å². The number of hydrogen-bond donors (Lipinski definition) is 2. The summed E-state index contributed by atoms with van der Waals surface area (Å²) < 4.78 is 0. The molecule has 1 rings (SSSR count). The number of hydrogen-bond acceptors (Lipinski definition) is 3. The number of allylic oxidation sites excluding steroid dienone is 2. The third kappa shape index (κ3) is 6.55. The Kier molecular flexibility index (Phi) is 8.00. The highest BCUT2D eigenvalue weighted by Gasteiger charge is 2.35. The molecule has 0 radical (unpaired) electrons. The van der Waals surface area contributed by atoms with E-state index >= 15 is 0 Å². The smallest absolute Gasteiger partial charge is 0.326 e. The largest absolute Gasteiger partial charge is 0.480 e. The van der Waals surface area contributed by atoms with Gasteiger partial charge in [0, 0.05) is 18.8 Å². The van der Waals surface area contributed by atoms with E-state index in [0.29, 0.717) is 19.3 Å². The summed E-state index contributed by atoms with van der Waals surface area (Å²) >= 11 is 0. The molecule has 1 amide bonds. The van der Waals surface area contributed by atoms with E-state index in [-0.39, 0.29) is 35.9 Å². The minimum absolute atomic E-state index is 0.0255. The van der Waals surface area contributed by atoms with Crippen LogP contribution in [0.15, 0.2) is 12.2 Å². The third-order valence-corrected chi connectivity index (χ3v) is 4.32. The molecule has 0 aromatic rings. The number of carboxylic acid groups (broad SMARTS) is 1. The molecule has 1 aliphatic carbocycles. The maximum atomic E-state index is 12.2. The molecule has 2 N–H and O–H groups in total. The summed E-state index contributed by atoms with van der Waals surface area (Å²) in [5.41, 5.74) is 0. The molecular weight excluding hydrogens is 294 g/mol. The molecule has 3 unspecified atom stereocenters. The van der Waals surface area contributed by atoms with Crippen molar-refractivity contribution in [3.05, 3.63) is 12.2 Å². The first kappa shape index (κ1) is 19.4. The van der Waals surface area contributed by atoms with E-state index in [9.17, 15) is 19.5 Å². The number of ketones is 1. The van der Waals surface area contributed by atoms with E-state index in [4.69, 9.17) is 0 Å². The van der Waals surface area contributed by atoms with Gasteiger partial charge in [-0.25, -0.2) is 4.79 Å². The van der Waals surface area contributed by atoms with Crippen LogP contribution in [0.5, 0.6) is 0 Å². The van der Waals surface area contributed by atoms with Gasteiger partial charge in [-0.15, -0.1) is 0 Å². The normalized spacial score (nSPS) is 22.7. The lowest BCUT2D eigenvalue weighted by atomic mass is 9.89. The van der Waals surface area contributed by atoms with Gasteiger partial charge in [-0.3, -0.25) is 9.59 Å². The summed E-state index contributed by atoms with van der Waals surface area (Å²) in [6.07, 6.45) is 7.55. The summed E-state index contributed by atoms with van der Waals surface area (Å²) in [7, 11) is 0. The van der Waals surface area contributed by atoms with Crippen LogP contribution < -0.4 is 5.32 Å². The Morgan fingerprint density at radius 3 is 2.61 bits per heavy atom. The zero-order chi connectivity index (χ0) is 17.4. The molecular formula is C18H29NO4. The monoisotopic (exact) mass is 323 g/mol. The van der Waals surface area contributed by atoms with Gasteiger partial charge in [0.1, 0.15) is 11.8 Å². The van der Waals surface area contributed by atoms with Crippen molar-refractivity contribution in [2.24, 2.45) is 17.8 Å². The van der Waals surface area contributed by atoms with Crippen molar-refractivity contribution in [1.82, 2.24) is 5.32 Å². The van der Waals surface area contributed by atoms with Crippen LogP contribution in [0.2, 0.25) is 0 Å². The Morgan fingerprint density at radius 2 is 2.04 bits per heavy atom. The second-order valence-corrected chi connectivity index (χ2v) is 6.78. The van der Waals surface area contributed by atoms with Crippen LogP contribution in [0.25, 0.3) is 0 Å². The van der Waals surface area contributed by atoms with Gasteiger partial charge in [-0.05, 0) is 37.5 Å². The topological polar surface area (TPSA) is 83.5 Å². The Morgan fingerprint density at radius 1 is 1.35 bits per heavy atom. The van der Waals surface area contributed by atoms with Gasteiger partial charge in [0.05, 0.1) is 0 Å². The first-order valence-electron chi connectivity index (χ1n) is 8.55. The SMILES string of the molecule is CC/C=C\CC1C(=O)CCC1CC(=O)NC(CC(C)C)C(=O)O. The molecule has 5 nitrogen and oxygen atoms in total.